The predicted molar refractivity (Wildman–Crippen MR) is 66.3 cm³/mol. The van der Waals surface area contributed by atoms with Crippen LogP contribution in [-0.2, 0) is 0 Å². The van der Waals surface area contributed by atoms with E-state index in [1.807, 2.05) is 30.3 Å². The Morgan fingerprint density at radius 2 is 2.00 bits per heavy atom. The fourth-order valence-electron chi connectivity index (χ4n) is 1.13. The van der Waals surface area contributed by atoms with E-state index in [9.17, 15) is 4.79 Å². The molecule has 0 atom stereocenters. The fourth-order valence-corrected chi connectivity index (χ4v) is 3.22. The Bertz CT molecular complexity index is 455. The van der Waals surface area contributed by atoms with E-state index < -0.39 is 0 Å². The second-order valence-corrected chi connectivity index (χ2v) is 5.88. The first-order valence-corrected chi connectivity index (χ1v) is 6.65. The van der Waals surface area contributed by atoms with Crippen molar-refractivity contribution in [3.63, 3.8) is 0 Å². The second-order valence-electron chi connectivity index (χ2n) is 2.90. The first-order chi connectivity index (χ1) is 7.15. The molecule has 1 aliphatic heterocycles. The number of halogens is 1. The van der Waals surface area contributed by atoms with Gasteiger partial charge in [0, 0.05) is 0 Å². The molecule has 0 bridgehead atoms. The van der Waals surface area contributed by atoms with Crippen molar-refractivity contribution >= 4 is 54.6 Å². The van der Waals surface area contributed by atoms with Crippen LogP contribution >= 0.6 is 23.8 Å². The van der Waals surface area contributed by atoms with Crippen LogP contribution in [0.15, 0.2) is 28.7 Å². The molecule has 0 radical (unpaired) electrons. The second kappa shape index (κ2) is 4.45. The van der Waals surface area contributed by atoms with Gasteiger partial charge in [0.05, 0.1) is 0 Å². The Morgan fingerprint density at radius 3 is 2.53 bits per heavy atom. The third-order valence-electron chi connectivity index (χ3n) is 1.81. The molecular weight excluding hydrogens is 297 g/mol. The Labute approximate surface area is 104 Å². The molecule has 76 valence electrons. The van der Waals surface area contributed by atoms with Gasteiger partial charge in [0.2, 0.25) is 0 Å². The van der Waals surface area contributed by atoms with E-state index in [0.29, 0.717) is 10.0 Å². The zero-order chi connectivity index (χ0) is 10.8. The van der Waals surface area contributed by atoms with E-state index in [2.05, 4.69) is 5.32 Å². The van der Waals surface area contributed by atoms with Gasteiger partial charge in [0.1, 0.15) is 0 Å². The number of nitrogens with one attached hydrogen (secondary N) is 1. The summed E-state index contributed by atoms with van der Waals surface area (Å²) in [5, 5.41) is 3.32. The molecule has 1 saturated heterocycles. The molecule has 15 heavy (non-hydrogen) atoms. The molecule has 1 N–H and O–H groups in total. The fraction of sp³-hybridized carbons (Fsp3) is 0. The van der Waals surface area contributed by atoms with Crippen molar-refractivity contribution in [1.82, 2.24) is 5.32 Å². The molecule has 1 aliphatic rings. The zero-order valence-corrected chi connectivity index (χ0v) is 10.8. The summed E-state index contributed by atoms with van der Waals surface area (Å²) in [6.07, 6.45) is 1.93. The van der Waals surface area contributed by atoms with Gasteiger partial charge in [0.25, 0.3) is 0 Å². The van der Waals surface area contributed by atoms with Crippen LogP contribution in [0.25, 0.3) is 6.08 Å². The summed E-state index contributed by atoms with van der Waals surface area (Å²) < 4.78 is 0.921. The third kappa shape index (κ3) is 2.67. The van der Waals surface area contributed by atoms with E-state index in [-0.39, 0.29) is 19.8 Å². The molecule has 1 aromatic rings. The van der Waals surface area contributed by atoms with Gasteiger partial charge in [-0.2, -0.15) is 0 Å². The van der Waals surface area contributed by atoms with Crippen molar-refractivity contribution in [3.8, 4) is 0 Å². The maximum atomic E-state index is 11.1. The van der Waals surface area contributed by atoms with Crippen molar-refractivity contribution < 1.29 is 4.79 Å². The van der Waals surface area contributed by atoms with Crippen molar-refractivity contribution in [1.29, 1.82) is 0 Å². The van der Waals surface area contributed by atoms with Crippen molar-refractivity contribution in [2.45, 2.75) is 0 Å². The first-order valence-electron chi connectivity index (χ1n) is 4.15. The molecule has 1 heterocycles. The van der Waals surface area contributed by atoms with Crippen LogP contribution in [-0.4, -0.2) is 24.8 Å². The molecular formula is C10H6ClNOSSe. The molecule has 0 saturated carbocycles. The van der Waals surface area contributed by atoms with Gasteiger partial charge in [-0.25, -0.2) is 0 Å². The summed E-state index contributed by atoms with van der Waals surface area (Å²) in [5.74, 6) is 0. The molecule has 0 aliphatic carbocycles. The quantitative estimate of drug-likeness (QED) is 0.490. The Balaban J connectivity index is 2.27. The predicted octanol–water partition coefficient (Wildman–Crippen LogP) is 2.44. The van der Waals surface area contributed by atoms with Crippen molar-refractivity contribution in [2.24, 2.45) is 0 Å². The van der Waals surface area contributed by atoms with Crippen LogP contribution < -0.4 is 5.32 Å². The summed E-state index contributed by atoms with van der Waals surface area (Å²) in [6.45, 7) is 0. The van der Waals surface area contributed by atoms with Crippen molar-refractivity contribution in [3.05, 3.63) is 39.3 Å². The summed E-state index contributed by atoms with van der Waals surface area (Å²) in [7, 11) is 0. The van der Waals surface area contributed by atoms with E-state index in [1.165, 1.54) is 0 Å². The van der Waals surface area contributed by atoms with Crippen LogP contribution in [0, 0.1) is 0 Å². The Hall–Kier alpha value is -0.671. The normalized spacial score (nSPS) is 18.3. The van der Waals surface area contributed by atoms with Crippen LogP contribution in [0.2, 0.25) is 5.02 Å². The average Bonchev–Trinajstić information content (AvgIpc) is 2.49. The van der Waals surface area contributed by atoms with Gasteiger partial charge in [-0.1, -0.05) is 0 Å². The number of carbonyl (C=O) groups excluding carboxylic acids is 1. The molecule has 2 nitrogen and oxygen atoms in total. The van der Waals surface area contributed by atoms with Gasteiger partial charge in [0.15, 0.2) is 0 Å². The first kappa shape index (κ1) is 10.8. The number of amides is 1. The molecule has 5 heteroatoms. The molecule has 1 aromatic carbocycles. The van der Waals surface area contributed by atoms with Gasteiger partial charge in [-0.05, 0) is 0 Å². The van der Waals surface area contributed by atoms with Gasteiger partial charge >= 0.3 is 104 Å². The number of hydrogen-bond donors (Lipinski definition) is 1. The van der Waals surface area contributed by atoms with Crippen LogP contribution in [0.4, 0.5) is 4.79 Å². The topological polar surface area (TPSA) is 29.1 Å². The Morgan fingerprint density at radius 1 is 1.33 bits per heavy atom. The SMILES string of the molecule is O=C1NC(=S)C(=Cc2ccc(Cl)cc2)[Se]1. The molecule has 1 fully saturated rings. The summed E-state index contributed by atoms with van der Waals surface area (Å²) in [4.78, 5) is 11.6. The minimum absolute atomic E-state index is 0.0210. The molecule has 0 spiro atoms. The Kier molecular flexibility index (Phi) is 3.22. The van der Waals surface area contributed by atoms with E-state index in [0.717, 1.165) is 10.0 Å². The summed E-state index contributed by atoms with van der Waals surface area (Å²) >= 11 is 10.6. The summed E-state index contributed by atoms with van der Waals surface area (Å²) in [5.41, 5.74) is 1.01. The van der Waals surface area contributed by atoms with Gasteiger partial charge in [-0.15, -0.1) is 0 Å². The zero-order valence-electron chi connectivity index (χ0n) is 7.49. The molecule has 2 rings (SSSR count). The number of carbonyl (C=O) groups is 1. The maximum absolute atomic E-state index is 11.1. The van der Waals surface area contributed by atoms with E-state index in [4.69, 9.17) is 23.8 Å². The third-order valence-corrected chi connectivity index (χ3v) is 4.42. The van der Waals surface area contributed by atoms with Crippen LogP contribution in [0.5, 0.6) is 0 Å². The van der Waals surface area contributed by atoms with Crippen LogP contribution in [0.3, 0.4) is 0 Å². The molecule has 0 unspecified atom stereocenters. The minimum atomic E-state index is -0.198. The average molecular weight is 303 g/mol. The van der Waals surface area contributed by atoms with Crippen LogP contribution in [0.1, 0.15) is 5.56 Å². The molecule has 1 amide bonds. The van der Waals surface area contributed by atoms with Gasteiger partial charge in [-0.3, -0.25) is 0 Å². The number of rotatable bonds is 1. The number of benzene rings is 1. The number of thiocarbonyl (C=S) groups is 1. The van der Waals surface area contributed by atoms with Gasteiger partial charge < -0.3 is 0 Å². The standard InChI is InChI=1S/C10H6ClNOSSe/c11-7-3-1-6(2-4-7)5-8-9(14)12-10(13)15-8/h1-5H,(H,12,13,14). The monoisotopic (exact) mass is 303 g/mol. The number of hydrogen-bond acceptors (Lipinski definition) is 2. The van der Waals surface area contributed by atoms with Crippen molar-refractivity contribution in [2.75, 3.05) is 0 Å². The van der Waals surface area contributed by atoms with E-state index in [1.54, 1.807) is 0 Å². The summed E-state index contributed by atoms with van der Waals surface area (Å²) in [6, 6.07) is 7.43. The van der Waals surface area contributed by atoms with E-state index >= 15 is 0 Å². The molecule has 0 aromatic heterocycles.